The maximum absolute atomic E-state index is 12.0. The van der Waals surface area contributed by atoms with Crippen molar-refractivity contribution >= 4 is 29.3 Å². The van der Waals surface area contributed by atoms with Gasteiger partial charge >= 0.3 is 5.97 Å². The van der Waals surface area contributed by atoms with Gasteiger partial charge in [-0.25, -0.2) is 4.79 Å². The predicted octanol–water partition coefficient (Wildman–Crippen LogP) is 2.13. The molecule has 2 aromatic rings. The molecule has 0 aliphatic rings. The van der Waals surface area contributed by atoms with Gasteiger partial charge in [-0.2, -0.15) is 0 Å². The topological polar surface area (TPSA) is 114 Å². The fraction of sp³-hybridized carbons (Fsp3) is 0.0667. The number of carbonyl (C=O) groups excluding carboxylic acids is 1. The summed E-state index contributed by atoms with van der Waals surface area (Å²) in [6, 6.07) is 8.97. The number of nitrogens with one attached hydrogen (secondary N) is 1. The lowest BCUT2D eigenvalue weighted by Crippen LogP contribution is -2.19. The number of aliphatic carboxylic acids is 1. The molecule has 0 saturated carbocycles. The minimum absolute atomic E-state index is 0.0466. The van der Waals surface area contributed by atoms with Gasteiger partial charge in [0.25, 0.3) is 5.69 Å². The number of hydrogen-bond acceptors (Lipinski definition) is 4. The number of carboxylic acid groups (broad SMARTS) is 1. The third-order valence-electron chi connectivity index (χ3n) is 2.92. The summed E-state index contributed by atoms with van der Waals surface area (Å²) in [4.78, 5) is 32.7. The molecule has 0 unspecified atom stereocenters. The average molecular weight is 315 g/mol. The Morgan fingerprint density at radius 1 is 1.30 bits per heavy atom. The maximum Gasteiger partial charge on any atom is 0.328 e. The highest BCUT2D eigenvalue weighted by atomic mass is 16.6. The number of anilines is 1. The Kier molecular flexibility index (Phi) is 4.88. The molecule has 1 aromatic carbocycles. The molecule has 0 radical (unpaired) electrons. The van der Waals surface area contributed by atoms with Gasteiger partial charge in [0.05, 0.1) is 4.92 Å². The van der Waals surface area contributed by atoms with Crippen molar-refractivity contribution in [3.63, 3.8) is 0 Å². The van der Waals surface area contributed by atoms with Crippen molar-refractivity contribution in [2.45, 2.75) is 6.54 Å². The lowest BCUT2D eigenvalue weighted by molar-refractivity contribution is -0.384. The number of hydrogen-bond donors (Lipinski definition) is 2. The van der Waals surface area contributed by atoms with Crippen LogP contribution >= 0.6 is 0 Å². The van der Waals surface area contributed by atoms with Crippen molar-refractivity contribution in [1.82, 2.24) is 4.57 Å². The predicted molar refractivity (Wildman–Crippen MR) is 82.8 cm³/mol. The monoisotopic (exact) mass is 315 g/mol. The first-order valence-electron chi connectivity index (χ1n) is 6.56. The van der Waals surface area contributed by atoms with Gasteiger partial charge in [-0.15, -0.1) is 0 Å². The van der Waals surface area contributed by atoms with Crippen LogP contribution in [0.2, 0.25) is 0 Å². The summed E-state index contributed by atoms with van der Waals surface area (Å²) in [5, 5.41) is 21.9. The first-order valence-corrected chi connectivity index (χ1v) is 6.56. The normalized spacial score (nSPS) is 10.6. The van der Waals surface area contributed by atoms with Gasteiger partial charge in [0.1, 0.15) is 6.54 Å². The standard InChI is InChI=1S/C15H13N3O5/c19-14(16-11-3-1-4-13(9-11)18(22)23)10-17-8-2-5-12(17)6-7-15(20)21/h1-9H,10H2,(H,16,19)(H,20,21)/b7-6+. The van der Waals surface area contributed by atoms with Gasteiger partial charge in [0.15, 0.2) is 0 Å². The van der Waals surface area contributed by atoms with Crippen LogP contribution in [0.5, 0.6) is 0 Å². The Morgan fingerprint density at radius 3 is 2.78 bits per heavy atom. The number of benzene rings is 1. The van der Waals surface area contributed by atoms with E-state index >= 15 is 0 Å². The van der Waals surface area contributed by atoms with Crippen molar-refractivity contribution < 1.29 is 19.6 Å². The van der Waals surface area contributed by atoms with Crippen LogP contribution in [0.15, 0.2) is 48.7 Å². The Bertz CT molecular complexity index is 779. The van der Waals surface area contributed by atoms with E-state index in [2.05, 4.69) is 5.32 Å². The number of carbonyl (C=O) groups is 2. The van der Waals surface area contributed by atoms with Gasteiger partial charge in [0.2, 0.25) is 5.91 Å². The molecular weight excluding hydrogens is 302 g/mol. The van der Waals surface area contributed by atoms with E-state index in [1.54, 1.807) is 29.0 Å². The van der Waals surface area contributed by atoms with Gasteiger partial charge in [-0.1, -0.05) is 6.07 Å². The number of rotatable bonds is 6. The van der Waals surface area contributed by atoms with Crippen LogP contribution in [0.25, 0.3) is 6.08 Å². The van der Waals surface area contributed by atoms with Gasteiger partial charge in [-0.05, 0) is 24.3 Å². The highest BCUT2D eigenvalue weighted by molar-refractivity contribution is 5.91. The molecule has 0 fully saturated rings. The second kappa shape index (κ2) is 7.03. The summed E-state index contributed by atoms with van der Waals surface area (Å²) in [6.45, 7) is -0.0466. The van der Waals surface area contributed by atoms with Crippen molar-refractivity contribution in [3.8, 4) is 0 Å². The smallest absolute Gasteiger partial charge is 0.328 e. The third-order valence-corrected chi connectivity index (χ3v) is 2.92. The van der Waals surface area contributed by atoms with Crippen LogP contribution in [0.4, 0.5) is 11.4 Å². The number of nitro groups is 1. The Labute approximate surface area is 130 Å². The van der Waals surface area contributed by atoms with Crippen molar-refractivity contribution in [2.75, 3.05) is 5.32 Å². The molecule has 0 aliphatic carbocycles. The van der Waals surface area contributed by atoms with E-state index in [0.29, 0.717) is 11.4 Å². The summed E-state index contributed by atoms with van der Waals surface area (Å²) < 4.78 is 1.56. The molecule has 1 aromatic heterocycles. The molecule has 0 saturated heterocycles. The summed E-state index contributed by atoms with van der Waals surface area (Å²) in [5.74, 6) is -1.47. The highest BCUT2D eigenvalue weighted by Crippen LogP contribution is 2.17. The quantitative estimate of drug-likeness (QED) is 0.481. The van der Waals surface area contributed by atoms with Crippen LogP contribution in [0.3, 0.4) is 0 Å². The van der Waals surface area contributed by atoms with Crippen LogP contribution in [-0.4, -0.2) is 26.5 Å². The zero-order chi connectivity index (χ0) is 16.8. The number of nitro benzene ring substituents is 1. The highest BCUT2D eigenvalue weighted by Gasteiger charge is 2.09. The molecule has 1 heterocycles. The zero-order valence-electron chi connectivity index (χ0n) is 11.9. The molecular formula is C15H13N3O5. The number of nitrogens with zero attached hydrogens (tertiary/aromatic N) is 2. The summed E-state index contributed by atoms with van der Waals surface area (Å²) in [6.07, 6.45) is 3.99. The summed E-state index contributed by atoms with van der Waals surface area (Å²) in [5.41, 5.74) is 0.759. The molecule has 8 heteroatoms. The van der Waals surface area contributed by atoms with E-state index in [-0.39, 0.29) is 18.1 Å². The minimum Gasteiger partial charge on any atom is -0.478 e. The minimum atomic E-state index is -1.08. The molecule has 0 atom stereocenters. The molecule has 0 bridgehead atoms. The third kappa shape index (κ3) is 4.53. The number of carboxylic acids is 1. The second-order valence-electron chi connectivity index (χ2n) is 4.59. The molecule has 8 nitrogen and oxygen atoms in total. The number of aromatic nitrogens is 1. The fourth-order valence-electron chi connectivity index (χ4n) is 1.93. The van der Waals surface area contributed by atoms with E-state index in [1.807, 2.05) is 0 Å². The molecule has 118 valence electrons. The fourth-order valence-corrected chi connectivity index (χ4v) is 1.93. The first-order chi connectivity index (χ1) is 11.0. The van der Waals surface area contributed by atoms with Crippen molar-refractivity contribution in [2.24, 2.45) is 0 Å². The molecule has 0 spiro atoms. The number of amides is 1. The van der Waals surface area contributed by atoms with Crippen LogP contribution in [0.1, 0.15) is 5.69 Å². The van der Waals surface area contributed by atoms with Gasteiger partial charge in [-0.3, -0.25) is 14.9 Å². The van der Waals surface area contributed by atoms with Crippen LogP contribution in [-0.2, 0) is 16.1 Å². The van der Waals surface area contributed by atoms with E-state index in [1.165, 1.54) is 24.3 Å². The average Bonchev–Trinajstić information content (AvgIpc) is 2.92. The van der Waals surface area contributed by atoms with Crippen LogP contribution in [0, 0.1) is 10.1 Å². The van der Waals surface area contributed by atoms with E-state index < -0.39 is 10.9 Å². The molecule has 23 heavy (non-hydrogen) atoms. The molecule has 2 rings (SSSR count). The zero-order valence-corrected chi connectivity index (χ0v) is 11.9. The Balaban J connectivity index is 2.06. The van der Waals surface area contributed by atoms with Crippen molar-refractivity contribution in [3.05, 3.63) is 64.5 Å². The van der Waals surface area contributed by atoms with E-state index in [4.69, 9.17) is 5.11 Å². The largest absolute Gasteiger partial charge is 0.478 e. The van der Waals surface area contributed by atoms with Gasteiger partial charge < -0.3 is 15.0 Å². The molecule has 2 N–H and O–H groups in total. The Hall–Kier alpha value is -3.42. The summed E-state index contributed by atoms with van der Waals surface area (Å²) in [7, 11) is 0. The van der Waals surface area contributed by atoms with Crippen molar-refractivity contribution in [1.29, 1.82) is 0 Å². The van der Waals surface area contributed by atoms with Gasteiger partial charge in [0, 0.05) is 35.8 Å². The first kappa shape index (κ1) is 16.0. The SMILES string of the molecule is O=C(O)/C=C/c1cccn1CC(=O)Nc1cccc([N+](=O)[O-])c1. The van der Waals surface area contributed by atoms with Crippen LogP contribution < -0.4 is 5.32 Å². The molecule has 0 aliphatic heterocycles. The number of non-ortho nitro benzene ring substituents is 1. The summed E-state index contributed by atoms with van der Waals surface area (Å²) >= 11 is 0. The van der Waals surface area contributed by atoms with E-state index in [0.717, 1.165) is 6.08 Å². The lowest BCUT2D eigenvalue weighted by Gasteiger charge is -2.08. The lowest BCUT2D eigenvalue weighted by atomic mass is 10.3. The Morgan fingerprint density at radius 2 is 2.09 bits per heavy atom. The van der Waals surface area contributed by atoms with E-state index in [9.17, 15) is 19.7 Å². The molecule has 1 amide bonds. The maximum atomic E-state index is 12.0. The second-order valence-corrected chi connectivity index (χ2v) is 4.59.